The summed E-state index contributed by atoms with van der Waals surface area (Å²) in [6.07, 6.45) is 1.53. The average Bonchev–Trinajstić information content (AvgIpc) is 2.28. The highest BCUT2D eigenvalue weighted by atomic mass is 32.2. The van der Waals surface area contributed by atoms with E-state index in [4.69, 9.17) is 5.11 Å². The van der Waals surface area contributed by atoms with Gasteiger partial charge in [0.15, 0.2) is 0 Å². The fourth-order valence-electron chi connectivity index (χ4n) is 1.37. The van der Waals surface area contributed by atoms with Crippen molar-refractivity contribution in [3.8, 4) is 0 Å². The minimum Gasteiger partial charge on any atom is -0.481 e. The van der Waals surface area contributed by atoms with Gasteiger partial charge in [-0.2, -0.15) is 11.8 Å². The van der Waals surface area contributed by atoms with Gasteiger partial charge in [0.2, 0.25) is 0 Å². The summed E-state index contributed by atoms with van der Waals surface area (Å²) in [4.78, 5) is 23.6. The molecule has 0 saturated carbocycles. The molecule has 0 fully saturated rings. The predicted octanol–water partition coefficient (Wildman–Crippen LogP) is 2.02. The number of thioether (sulfide) groups is 1. The van der Waals surface area contributed by atoms with Crippen LogP contribution in [0.25, 0.3) is 0 Å². The van der Waals surface area contributed by atoms with E-state index in [1.54, 1.807) is 7.05 Å². The number of hydrogen-bond donors (Lipinski definition) is 2. The maximum atomic E-state index is 11.7. The van der Waals surface area contributed by atoms with Crippen LogP contribution in [0.2, 0.25) is 0 Å². The molecule has 0 aliphatic rings. The molecule has 0 aliphatic heterocycles. The van der Waals surface area contributed by atoms with Crippen molar-refractivity contribution in [2.75, 3.05) is 25.1 Å². The molecule has 0 heterocycles. The van der Waals surface area contributed by atoms with Gasteiger partial charge in [0.05, 0.1) is 0 Å². The largest absolute Gasteiger partial charge is 0.481 e. The van der Waals surface area contributed by atoms with E-state index in [9.17, 15) is 9.59 Å². The maximum absolute atomic E-state index is 11.7. The van der Waals surface area contributed by atoms with Gasteiger partial charge < -0.3 is 15.3 Å². The van der Waals surface area contributed by atoms with Crippen molar-refractivity contribution in [1.82, 2.24) is 10.2 Å². The van der Waals surface area contributed by atoms with Crippen LogP contribution in [0, 0.1) is 0 Å². The second-order valence-electron chi connectivity index (χ2n) is 4.25. The Morgan fingerprint density at radius 3 is 2.67 bits per heavy atom. The molecule has 18 heavy (non-hydrogen) atoms. The summed E-state index contributed by atoms with van der Waals surface area (Å²) in [7, 11) is 1.69. The molecule has 0 rings (SSSR count). The molecule has 0 radical (unpaired) electrons. The van der Waals surface area contributed by atoms with E-state index < -0.39 is 5.97 Å². The summed E-state index contributed by atoms with van der Waals surface area (Å²) in [6.45, 7) is 4.57. The van der Waals surface area contributed by atoms with Crippen molar-refractivity contribution >= 4 is 23.8 Å². The molecule has 106 valence electrons. The number of amides is 2. The van der Waals surface area contributed by atoms with Crippen molar-refractivity contribution < 1.29 is 14.7 Å². The van der Waals surface area contributed by atoms with Crippen LogP contribution in [-0.4, -0.2) is 53.1 Å². The second kappa shape index (κ2) is 10.1. The van der Waals surface area contributed by atoms with Crippen LogP contribution in [0.1, 0.15) is 33.1 Å². The van der Waals surface area contributed by atoms with Crippen molar-refractivity contribution in [3.63, 3.8) is 0 Å². The van der Waals surface area contributed by atoms with Crippen molar-refractivity contribution in [2.45, 2.75) is 39.2 Å². The number of carboxylic acids is 1. The molecule has 0 saturated heterocycles. The number of hydrogen-bond acceptors (Lipinski definition) is 3. The maximum Gasteiger partial charge on any atom is 0.317 e. The third-order valence-corrected chi connectivity index (χ3v) is 3.43. The van der Waals surface area contributed by atoms with Gasteiger partial charge >= 0.3 is 12.0 Å². The van der Waals surface area contributed by atoms with Crippen molar-refractivity contribution in [1.29, 1.82) is 0 Å². The highest BCUT2D eigenvalue weighted by Gasteiger charge is 2.11. The Hall–Kier alpha value is -0.910. The first-order valence-electron chi connectivity index (χ1n) is 6.28. The number of carbonyl (C=O) groups excluding carboxylic acids is 1. The zero-order valence-electron chi connectivity index (χ0n) is 11.4. The van der Waals surface area contributed by atoms with E-state index >= 15 is 0 Å². The number of urea groups is 1. The molecule has 5 nitrogen and oxygen atoms in total. The van der Waals surface area contributed by atoms with E-state index in [0.717, 1.165) is 17.9 Å². The Labute approximate surface area is 113 Å². The van der Waals surface area contributed by atoms with Crippen LogP contribution in [0.3, 0.4) is 0 Å². The normalized spacial score (nSPS) is 11.9. The quantitative estimate of drug-likeness (QED) is 0.632. The molecule has 1 atom stereocenters. The van der Waals surface area contributed by atoms with Crippen LogP contribution < -0.4 is 5.32 Å². The summed E-state index contributed by atoms with van der Waals surface area (Å²) >= 11 is 1.86. The van der Waals surface area contributed by atoms with Gasteiger partial charge in [-0.3, -0.25) is 4.79 Å². The number of rotatable bonds is 9. The fraction of sp³-hybridized carbons (Fsp3) is 0.833. The summed E-state index contributed by atoms with van der Waals surface area (Å²) in [5, 5.41) is 11.4. The summed E-state index contributed by atoms with van der Waals surface area (Å²) in [6, 6.07) is 0.0212. The summed E-state index contributed by atoms with van der Waals surface area (Å²) < 4.78 is 0. The smallest absolute Gasteiger partial charge is 0.317 e. The van der Waals surface area contributed by atoms with Gasteiger partial charge in [-0.1, -0.05) is 6.92 Å². The predicted molar refractivity (Wildman–Crippen MR) is 75.1 cm³/mol. The third kappa shape index (κ3) is 9.15. The van der Waals surface area contributed by atoms with Crippen LogP contribution in [-0.2, 0) is 4.79 Å². The van der Waals surface area contributed by atoms with E-state index in [1.165, 1.54) is 4.90 Å². The molecule has 2 N–H and O–H groups in total. The zero-order valence-corrected chi connectivity index (χ0v) is 12.3. The van der Waals surface area contributed by atoms with Crippen LogP contribution in [0.5, 0.6) is 0 Å². The Bertz CT molecular complexity index is 262. The Morgan fingerprint density at radius 1 is 1.44 bits per heavy atom. The lowest BCUT2D eigenvalue weighted by molar-refractivity contribution is -0.137. The lowest BCUT2D eigenvalue weighted by atomic mass is 10.2. The van der Waals surface area contributed by atoms with Gasteiger partial charge in [0, 0.05) is 26.1 Å². The molecular formula is C12H24N2O3S. The SMILES string of the molecule is CCSCCC(C)NC(=O)N(C)CCCC(=O)O. The van der Waals surface area contributed by atoms with Crippen LogP contribution in [0.4, 0.5) is 4.79 Å². The van der Waals surface area contributed by atoms with E-state index in [-0.39, 0.29) is 18.5 Å². The van der Waals surface area contributed by atoms with Gasteiger partial charge in [-0.25, -0.2) is 4.79 Å². The van der Waals surface area contributed by atoms with Crippen molar-refractivity contribution in [3.05, 3.63) is 0 Å². The Kier molecular flexibility index (Phi) is 9.55. The number of nitrogens with zero attached hydrogens (tertiary/aromatic N) is 1. The first-order chi connectivity index (χ1) is 8.47. The van der Waals surface area contributed by atoms with Crippen LogP contribution >= 0.6 is 11.8 Å². The zero-order chi connectivity index (χ0) is 14.0. The minimum absolute atomic E-state index is 0.0975. The van der Waals surface area contributed by atoms with E-state index in [1.807, 2.05) is 18.7 Å². The van der Waals surface area contributed by atoms with Gasteiger partial charge in [0.25, 0.3) is 0 Å². The molecule has 0 aromatic rings. The fourth-order valence-corrected chi connectivity index (χ4v) is 2.18. The molecule has 0 aromatic heterocycles. The van der Waals surface area contributed by atoms with E-state index in [2.05, 4.69) is 12.2 Å². The molecule has 2 amide bonds. The molecule has 0 aliphatic carbocycles. The minimum atomic E-state index is -0.825. The highest BCUT2D eigenvalue weighted by Crippen LogP contribution is 2.04. The standard InChI is InChI=1S/C12H24N2O3S/c1-4-18-9-7-10(2)13-12(17)14(3)8-5-6-11(15)16/h10H,4-9H2,1-3H3,(H,13,17)(H,15,16). The third-order valence-electron chi connectivity index (χ3n) is 2.50. The first kappa shape index (κ1) is 17.1. The number of nitrogens with one attached hydrogen (secondary N) is 1. The molecule has 6 heteroatoms. The topological polar surface area (TPSA) is 69.6 Å². The number of carbonyl (C=O) groups is 2. The van der Waals surface area contributed by atoms with Crippen molar-refractivity contribution in [2.24, 2.45) is 0 Å². The molecule has 1 unspecified atom stereocenters. The molecule has 0 spiro atoms. The second-order valence-corrected chi connectivity index (χ2v) is 5.65. The molecular weight excluding hydrogens is 252 g/mol. The Balaban J connectivity index is 3.74. The lowest BCUT2D eigenvalue weighted by Gasteiger charge is -2.21. The lowest BCUT2D eigenvalue weighted by Crippen LogP contribution is -2.42. The first-order valence-corrected chi connectivity index (χ1v) is 7.44. The summed E-state index contributed by atoms with van der Waals surface area (Å²) in [5.74, 6) is 1.31. The number of carboxylic acid groups (broad SMARTS) is 1. The van der Waals surface area contributed by atoms with Gasteiger partial charge in [-0.05, 0) is 31.3 Å². The Morgan fingerprint density at radius 2 is 2.11 bits per heavy atom. The van der Waals surface area contributed by atoms with Crippen LogP contribution in [0.15, 0.2) is 0 Å². The monoisotopic (exact) mass is 276 g/mol. The summed E-state index contributed by atoms with van der Waals surface area (Å²) in [5.41, 5.74) is 0. The molecule has 0 bridgehead atoms. The molecule has 0 aromatic carbocycles. The highest BCUT2D eigenvalue weighted by molar-refractivity contribution is 7.99. The van der Waals surface area contributed by atoms with E-state index in [0.29, 0.717) is 13.0 Å². The number of aliphatic carboxylic acids is 1. The average molecular weight is 276 g/mol. The van der Waals surface area contributed by atoms with Gasteiger partial charge in [0.1, 0.15) is 0 Å². The van der Waals surface area contributed by atoms with Gasteiger partial charge in [-0.15, -0.1) is 0 Å².